The minimum Gasteiger partial charge on any atom is -0.497 e. The van der Waals surface area contributed by atoms with E-state index in [9.17, 15) is 4.79 Å². The maximum Gasteiger partial charge on any atom is 0.277 e. The normalized spacial score (nSPS) is 10.6. The zero-order valence-electron chi connectivity index (χ0n) is 12.3. The molecule has 1 amide bonds. The van der Waals surface area contributed by atoms with Gasteiger partial charge < -0.3 is 9.47 Å². The molecule has 5 nitrogen and oxygen atoms in total. The molecular weight excluding hydrogens is 384 g/mol. The lowest BCUT2D eigenvalue weighted by Crippen LogP contribution is -2.24. The highest BCUT2D eigenvalue weighted by atomic mass is 79.9. The molecule has 120 valence electrons. The van der Waals surface area contributed by atoms with Gasteiger partial charge in [-0.1, -0.05) is 39.7 Å². The van der Waals surface area contributed by atoms with E-state index in [0.29, 0.717) is 16.5 Å². The van der Waals surface area contributed by atoms with Crippen molar-refractivity contribution in [3.63, 3.8) is 0 Å². The molecule has 0 unspecified atom stereocenters. The third-order valence-electron chi connectivity index (χ3n) is 2.75. The number of amides is 1. The van der Waals surface area contributed by atoms with Crippen molar-refractivity contribution in [1.82, 2.24) is 5.43 Å². The number of carbonyl (C=O) groups is 1. The van der Waals surface area contributed by atoms with Gasteiger partial charge in [-0.15, -0.1) is 0 Å². The van der Waals surface area contributed by atoms with E-state index in [1.54, 1.807) is 31.4 Å². The van der Waals surface area contributed by atoms with Gasteiger partial charge in [0.05, 0.1) is 18.3 Å². The number of hydrogen-bond acceptors (Lipinski definition) is 4. The first-order valence-electron chi connectivity index (χ1n) is 6.62. The van der Waals surface area contributed by atoms with Crippen LogP contribution in [0, 0.1) is 0 Å². The quantitative estimate of drug-likeness (QED) is 0.598. The number of nitrogens with one attached hydrogen (secondary N) is 1. The summed E-state index contributed by atoms with van der Waals surface area (Å²) in [6.07, 6.45) is 1.52. The Kier molecular flexibility index (Phi) is 6.43. The highest BCUT2D eigenvalue weighted by Gasteiger charge is 2.05. The second-order valence-electron chi connectivity index (χ2n) is 4.43. The molecule has 2 aromatic carbocycles. The molecule has 0 aliphatic rings. The maximum atomic E-state index is 11.7. The van der Waals surface area contributed by atoms with Crippen molar-refractivity contribution >= 4 is 39.7 Å². The largest absolute Gasteiger partial charge is 0.497 e. The Hall–Kier alpha value is -2.05. The van der Waals surface area contributed by atoms with E-state index in [1.165, 1.54) is 6.21 Å². The second-order valence-corrected chi connectivity index (χ2v) is 5.76. The molecule has 7 heteroatoms. The molecule has 0 fully saturated rings. The number of carbonyl (C=O) groups excluding carboxylic acids is 1. The first-order chi connectivity index (χ1) is 11.1. The summed E-state index contributed by atoms with van der Waals surface area (Å²) in [5.74, 6) is 0.762. The van der Waals surface area contributed by atoms with Gasteiger partial charge in [-0.2, -0.15) is 5.10 Å². The summed E-state index contributed by atoms with van der Waals surface area (Å²) in [5.41, 5.74) is 3.19. The Balaban J connectivity index is 1.83. The average molecular weight is 398 g/mol. The van der Waals surface area contributed by atoms with Gasteiger partial charge in [0, 0.05) is 4.47 Å². The Labute approximate surface area is 147 Å². The van der Waals surface area contributed by atoms with Crippen molar-refractivity contribution in [2.75, 3.05) is 13.7 Å². The van der Waals surface area contributed by atoms with Crippen molar-refractivity contribution < 1.29 is 14.3 Å². The first kappa shape index (κ1) is 17.3. The van der Waals surface area contributed by atoms with E-state index in [4.69, 9.17) is 21.1 Å². The molecule has 0 saturated carbocycles. The zero-order chi connectivity index (χ0) is 16.7. The van der Waals surface area contributed by atoms with Crippen LogP contribution in [0.5, 0.6) is 11.5 Å². The highest BCUT2D eigenvalue weighted by Crippen LogP contribution is 2.27. The molecule has 0 bridgehead atoms. The van der Waals surface area contributed by atoms with Crippen LogP contribution in [0.1, 0.15) is 5.56 Å². The van der Waals surface area contributed by atoms with E-state index in [1.807, 2.05) is 18.2 Å². The van der Waals surface area contributed by atoms with Crippen molar-refractivity contribution in [2.24, 2.45) is 5.10 Å². The number of rotatable bonds is 6. The van der Waals surface area contributed by atoms with E-state index in [2.05, 4.69) is 26.5 Å². The van der Waals surface area contributed by atoms with Gasteiger partial charge in [-0.05, 0) is 35.9 Å². The standard InChI is InChI=1S/C16H14BrClN2O3/c1-22-13-4-2-3-11(7-13)9-19-20-16(21)10-23-15-6-5-12(17)8-14(15)18/h2-9H,10H2,1H3,(H,20,21). The molecule has 2 rings (SSSR count). The van der Waals surface area contributed by atoms with Crippen LogP contribution in [-0.2, 0) is 4.79 Å². The van der Waals surface area contributed by atoms with Crippen LogP contribution in [0.15, 0.2) is 52.0 Å². The van der Waals surface area contributed by atoms with Gasteiger partial charge in [-0.25, -0.2) is 5.43 Å². The molecular formula is C16H14BrClN2O3. The third kappa shape index (κ3) is 5.58. The molecule has 0 spiro atoms. The Bertz CT molecular complexity index is 722. The molecule has 0 aliphatic carbocycles. The highest BCUT2D eigenvalue weighted by molar-refractivity contribution is 9.10. The minimum atomic E-state index is -0.386. The smallest absolute Gasteiger partial charge is 0.277 e. The average Bonchev–Trinajstić information content (AvgIpc) is 2.54. The molecule has 0 heterocycles. The molecule has 23 heavy (non-hydrogen) atoms. The van der Waals surface area contributed by atoms with E-state index < -0.39 is 0 Å². The zero-order valence-corrected chi connectivity index (χ0v) is 14.6. The van der Waals surface area contributed by atoms with Crippen molar-refractivity contribution in [1.29, 1.82) is 0 Å². The number of ether oxygens (including phenoxy) is 2. The van der Waals surface area contributed by atoms with Gasteiger partial charge in [-0.3, -0.25) is 4.79 Å². The van der Waals surface area contributed by atoms with Gasteiger partial charge >= 0.3 is 0 Å². The molecule has 0 radical (unpaired) electrons. The van der Waals surface area contributed by atoms with E-state index in [0.717, 1.165) is 10.0 Å². The van der Waals surface area contributed by atoms with Crippen LogP contribution >= 0.6 is 27.5 Å². The monoisotopic (exact) mass is 396 g/mol. The Morgan fingerprint density at radius 1 is 1.35 bits per heavy atom. The predicted octanol–water partition coefficient (Wildman–Crippen LogP) is 3.64. The predicted molar refractivity (Wildman–Crippen MR) is 93.4 cm³/mol. The SMILES string of the molecule is COc1cccc(C=NNC(=O)COc2ccc(Br)cc2Cl)c1. The summed E-state index contributed by atoms with van der Waals surface area (Å²) in [6, 6.07) is 12.4. The van der Waals surface area contributed by atoms with Crippen LogP contribution in [-0.4, -0.2) is 25.8 Å². The summed E-state index contributed by atoms with van der Waals surface area (Å²) >= 11 is 9.29. The number of methoxy groups -OCH3 is 1. The fourth-order valence-corrected chi connectivity index (χ4v) is 2.40. The Morgan fingerprint density at radius 2 is 2.17 bits per heavy atom. The number of nitrogens with zero attached hydrogens (tertiary/aromatic N) is 1. The molecule has 0 saturated heterocycles. The fourth-order valence-electron chi connectivity index (χ4n) is 1.67. The minimum absolute atomic E-state index is 0.184. The number of hydrazone groups is 1. The summed E-state index contributed by atoms with van der Waals surface area (Å²) < 4.78 is 11.3. The number of benzene rings is 2. The number of halogens is 2. The van der Waals surface area contributed by atoms with Gasteiger partial charge in [0.2, 0.25) is 0 Å². The van der Waals surface area contributed by atoms with E-state index >= 15 is 0 Å². The molecule has 0 atom stereocenters. The summed E-state index contributed by atoms with van der Waals surface area (Å²) in [5, 5.41) is 4.29. The van der Waals surface area contributed by atoms with Crippen LogP contribution in [0.2, 0.25) is 5.02 Å². The second kappa shape index (κ2) is 8.55. The molecule has 2 aromatic rings. The lowest BCUT2D eigenvalue weighted by Gasteiger charge is -2.07. The summed E-state index contributed by atoms with van der Waals surface area (Å²) in [4.78, 5) is 11.7. The lowest BCUT2D eigenvalue weighted by atomic mass is 10.2. The molecule has 1 N–H and O–H groups in total. The maximum absolute atomic E-state index is 11.7. The fraction of sp³-hybridized carbons (Fsp3) is 0.125. The number of hydrogen-bond donors (Lipinski definition) is 1. The summed E-state index contributed by atoms with van der Waals surface area (Å²) in [7, 11) is 1.59. The van der Waals surface area contributed by atoms with Gasteiger partial charge in [0.15, 0.2) is 6.61 Å². The topological polar surface area (TPSA) is 59.9 Å². The van der Waals surface area contributed by atoms with Crippen molar-refractivity contribution in [2.45, 2.75) is 0 Å². The van der Waals surface area contributed by atoms with E-state index in [-0.39, 0.29) is 12.5 Å². The van der Waals surface area contributed by atoms with Gasteiger partial charge in [0.1, 0.15) is 11.5 Å². The van der Waals surface area contributed by atoms with Crippen LogP contribution in [0.4, 0.5) is 0 Å². The van der Waals surface area contributed by atoms with Gasteiger partial charge in [0.25, 0.3) is 5.91 Å². The summed E-state index contributed by atoms with van der Waals surface area (Å²) in [6.45, 7) is -0.184. The van der Waals surface area contributed by atoms with Crippen LogP contribution in [0.3, 0.4) is 0 Å². The molecule has 0 aromatic heterocycles. The molecule has 0 aliphatic heterocycles. The van der Waals surface area contributed by atoms with Crippen LogP contribution in [0.25, 0.3) is 0 Å². The Morgan fingerprint density at radius 3 is 2.91 bits per heavy atom. The van der Waals surface area contributed by atoms with Crippen molar-refractivity contribution in [3.05, 3.63) is 57.5 Å². The third-order valence-corrected chi connectivity index (χ3v) is 3.54. The first-order valence-corrected chi connectivity index (χ1v) is 7.79. The van der Waals surface area contributed by atoms with Crippen molar-refractivity contribution in [3.8, 4) is 11.5 Å². The lowest BCUT2D eigenvalue weighted by molar-refractivity contribution is -0.123. The van der Waals surface area contributed by atoms with Crippen LogP contribution < -0.4 is 14.9 Å².